The Morgan fingerprint density at radius 1 is 1.41 bits per heavy atom. The molecule has 1 unspecified atom stereocenters. The second-order valence-electron chi connectivity index (χ2n) is 5.09. The van der Waals surface area contributed by atoms with Gasteiger partial charge in [0.25, 0.3) is 10.9 Å². The van der Waals surface area contributed by atoms with Gasteiger partial charge in [0.1, 0.15) is 16.3 Å². The number of benzene rings is 1. The van der Waals surface area contributed by atoms with Crippen molar-refractivity contribution in [2.45, 2.75) is 18.1 Å². The standard InChI is InChI=1S/C13H15N3O4S.ClH/c17-16(18)10-1-2-12-11(7-10)15-13(20-12)21(19)8-9-3-5-14-6-4-9;/h1-2,7,9,14H,3-6,8H2;1H. The van der Waals surface area contributed by atoms with E-state index in [0.29, 0.717) is 22.8 Å². The van der Waals surface area contributed by atoms with Gasteiger partial charge in [-0.25, -0.2) is 9.19 Å². The predicted octanol–water partition coefficient (Wildman–Crippen LogP) is 2.26. The van der Waals surface area contributed by atoms with Crippen LogP contribution in [0.3, 0.4) is 0 Å². The largest absolute Gasteiger partial charge is 0.430 e. The van der Waals surface area contributed by atoms with Crippen LogP contribution in [0.2, 0.25) is 0 Å². The Bertz CT molecular complexity index is 700. The van der Waals surface area contributed by atoms with Crippen molar-refractivity contribution in [1.82, 2.24) is 10.3 Å². The van der Waals surface area contributed by atoms with E-state index in [9.17, 15) is 14.3 Å². The number of aromatic nitrogens is 1. The summed E-state index contributed by atoms with van der Waals surface area (Å²) in [5, 5.41) is 14.1. The van der Waals surface area contributed by atoms with Gasteiger partial charge in [0.2, 0.25) is 0 Å². The summed E-state index contributed by atoms with van der Waals surface area (Å²) in [5.74, 6) is 0.924. The zero-order valence-corrected chi connectivity index (χ0v) is 13.3. The summed E-state index contributed by atoms with van der Waals surface area (Å²) in [6.07, 6.45) is 1.99. The number of fused-ring (bicyclic) bond motifs is 1. The highest BCUT2D eigenvalue weighted by molar-refractivity contribution is 7.84. The van der Waals surface area contributed by atoms with Gasteiger partial charge in [0, 0.05) is 17.9 Å². The third-order valence-corrected chi connectivity index (χ3v) is 4.94. The van der Waals surface area contributed by atoms with E-state index in [1.807, 2.05) is 0 Å². The number of hydrogen-bond acceptors (Lipinski definition) is 6. The number of nitrogens with one attached hydrogen (secondary N) is 1. The molecule has 120 valence electrons. The van der Waals surface area contributed by atoms with Gasteiger partial charge in [0.05, 0.1) is 4.92 Å². The molecule has 1 saturated heterocycles. The SMILES string of the molecule is Cl.O=[N+]([O-])c1ccc2oc(S(=O)CC3CCNCC3)nc2c1. The Hall–Kier alpha value is -1.51. The fraction of sp³-hybridized carbons (Fsp3) is 0.462. The van der Waals surface area contributed by atoms with E-state index < -0.39 is 15.7 Å². The van der Waals surface area contributed by atoms with Crippen LogP contribution >= 0.6 is 12.4 Å². The number of rotatable bonds is 4. The van der Waals surface area contributed by atoms with Crippen LogP contribution in [0.25, 0.3) is 11.1 Å². The summed E-state index contributed by atoms with van der Waals surface area (Å²) in [6.45, 7) is 1.89. The molecule has 0 saturated carbocycles. The van der Waals surface area contributed by atoms with E-state index in [-0.39, 0.29) is 23.3 Å². The van der Waals surface area contributed by atoms with Crippen molar-refractivity contribution in [3.8, 4) is 0 Å². The Morgan fingerprint density at radius 2 is 2.14 bits per heavy atom. The van der Waals surface area contributed by atoms with E-state index in [1.54, 1.807) is 0 Å². The molecule has 1 aromatic carbocycles. The van der Waals surface area contributed by atoms with E-state index >= 15 is 0 Å². The van der Waals surface area contributed by atoms with E-state index in [0.717, 1.165) is 25.9 Å². The monoisotopic (exact) mass is 345 g/mol. The molecule has 1 aliphatic rings. The number of oxazole rings is 1. The van der Waals surface area contributed by atoms with Crippen molar-refractivity contribution in [3.63, 3.8) is 0 Å². The van der Waals surface area contributed by atoms with Crippen LogP contribution in [0.5, 0.6) is 0 Å². The molecule has 22 heavy (non-hydrogen) atoms. The molecule has 1 fully saturated rings. The summed E-state index contributed by atoms with van der Waals surface area (Å²) in [6, 6.07) is 4.18. The number of nitrogens with zero attached hydrogens (tertiary/aromatic N) is 2. The zero-order valence-electron chi connectivity index (χ0n) is 11.7. The topological polar surface area (TPSA) is 98.3 Å². The maximum atomic E-state index is 12.3. The first-order valence-corrected chi connectivity index (χ1v) is 8.09. The lowest BCUT2D eigenvalue weighted by Gasteiger charge is -2.21. The normalized spacial score (nSPS) is 17.1. The maximum Gasteiger partial charge on any atom is 0.287 e. The Balaban J connectivity index is 0.00000176. The zero-order chi connectivity index (χ0) is 14.8. The molecule has 1 atom stereocenters. The van der Waals surface area contributed by atoms with E-state index in [4.69, 9.17) is 4.42 Å². The molecule has 2 heterocycles. The summed E-state index contributed by atoms with van der Waals surface area (Å²) >= 11 is 0. The summed E-state index contributed by atoms with van der Waals surface area (Å²) in [5.41, 5.74) is 0.749. The van der Waals surface area contributed by atoms with Gasteiger partial charge < -0.3 is 9.73 Å². The lowest BCUT2D eigenvalue weighted by molar-refractivity contribution is -0.384. The van der Waals surface area contributed by atoms with Gasteiger partial charge >= 0.3 is 0 Å². The van der Waals surface area contributed by atoms with Crippen molar-refractivity contribution in [1.29, 1.82) is 0 Å². The molecule has 1 aromatic heterocycles. The molecule has 0 aliphatic carbocycles. The fourth-order valence-corrected chi connectivity index (χ4v) is 3.73. The third-order valence-electron chi connectivity index (χ3n) is 3.60. The molecule has 0 bridgehead atoms. The lowest BCUT2D eigenvalue weighted by Crippen LogP contribution is -2.30. The molecule has 2 aromatic rings. The molecule has 0 spiro atoms. The number of halogens is 1. The Kier molecular flexibility index (Phi) is 5.49. The number of hydrogen-bond donors (Lipinski definition) is 1. The summed E-state index contributed by atoms with van der Waals surface area (Å²) < 4.78 is 17.8. The molecular weight excluding hydrogens is 330 g/mol. The highest BCUT2D eigenvalue weighted by Gasteiger charge is 2.21. The number of non-ortho nitro benzene ring substituents is 1. The Labute approximate surface area is 135 Å². The minimum atomic E-state index is -1.31. The Morgan fingerprint density at radius 3 is 2.82 bits per heavy atom. The average Bonchev–Trinajstić information content (AvgIpc) is 2.91. The van der Waals surface area contributed by atoms with Crippen molar-refractivity contribution < 1.29 is 13.5 Å². The van der Waals surface area contributed by atoms with Crippen LogP contribution in [-0.2, 0) is 10.8 Å². The van der Waals surface area contributed by atoms with Crippen molar-refractivity contribution in [3.05, 3.63) is 28.3 Å². The van der Waals surface area contributed by atoms with Crippen LogP contribution in [0, 0.1) is 16.0 Å². The lowest BCUT2D eigenvalue weighted by atomic mass is 10.0. The molecule has 3 rings (SSSR count). The first-order chi connectivity index (χ1) is 10.1. The second kappa shape index (κ2) is 7.17. The first kappa shape index (κ1) is 16.9. The molecule has 0 radical (unpaired) electrons. The average molecular weight is 346 g/mol. The van der Waals surface area contributed by atoms with Gasteiger partial charge in [-0.1, -0.05) is 0 Å². The van der Waals surface area contributed by atoms with Gasteiger partial charge in [-0.3, -0.25) is 10.1 Å². The second-order valence-corrected chi connectivity index (χ2v) is 6.47. The van der Waals surface area contributed by atoms with Gasteiger partial charge in [-0.2, -0.15) is 0 Å². The predicted molar refractivity (Wildman–Crippen MR) is 84.8 cm³/mol. The van der Waals surface area contributed by atoms with Crippen molar-refractivity contribution in [2.75, 3.05) is 18.8 Å². The molecule has 0 amide bonds. The minimum Gasteiger partial charge on any atom is -0.430 e. The molecule has 1 N–H and O–H groups in total. The van der Waals surface area contributed by atoms with Crippen molar-refractivity contribution >= 4 is 40.0 Å². The highest BCUT2D eigenvalue weighted by atomic mass is 35.5. The van der Waals surface area contributed by atoms with E-state index in [1.165, 1.54) is 18.2 Å². The quantitative estimate of drug-likeness (QED) is 0.674. The third kappa shape index (κ3) is 3.63. The van der Waals surface area contributed by atoms with E-state index in [2.05, 4.69) is 10.3 Å². The first-order valence-electron chi connectivity index (χ1n) is 6.77. The minimum absolute atomic E-state index is 0. The van der Waals surface area contributed by atoms with Gasteiger partial charge in [-0.15, -0.1) is 12.4 Å². The fourth-order valence-electron chi connectivity index (χ4n) is 2.44. The number of nitro groups is 1. The van der Waals surface area contributed by atoms with Crippen LogP contribution in [0.1, 0.15) is 12.8 Å². The van der Waals surface area contributed by atoms with Crippen LogP contribution < -0.4 is 5.32 Å². The smallest absolute Gasteiger partial charge is 0.287 e. The number of piperidine rings is 1. The molecule has 9 heteroatoms. The van der Waals surface area contributed by atoms with Crippen LogP contribution in [0.4, 0.5) is 5.69 Å². The molecule has 7 nitrogen and oxygen atoms in total. The highest BCUT2D eigenvalue weighted by Crippen LogP contribution is 2.24. The van der Waals surface area contributed by atoms with Gasteiger partial charge in [-0.05, 0) is 37.9 Å². The summed E-state index contributed by atoms with van der Waals surface area (Å²) in [7, 11) is -1.31. The summed E-state index contributed by atoms with van der Waals surface area (Å²) in [4.78, 5) is 14.4. The van der Waals surface area contributed by atoms with Crippen LogP contribution in [0.15, 0.2) is 27.8 Å². The van der Waals surface area contributed by atoms with Crippen LogP contribution in [-0.4, -0.2) is 33.0 Å². The number of nitro benzene ring substituents is 1. The maximum absolute atomic E-state index is 12.3. The molecule has 1 aliphatic heterocycles. The van der Waals surface area contributed by atoms with Crippen molar-refractivity contribution in [2.24, 2.45) is 5.92 Å². The molecular formula is C13H16ClN3O4S. The van der Waals surface area contributed by atoms with Gasteiger partial charge in [0.15, 0.2) is 5.58 Å².